The molecule has 1 aliphatic heterocycles. The van der Waals surface area contributed by atoms with Gasteiger partial charge in [0.25, 0.3) is 0 Å². The van der Waals surface area contributed by atoms with Gasteiger partial charge in [-0.3, -0.25) is 4.79 Å². The number of likely N-dealkylation sites (tertiary alicyclic amines) is 1. The summed E-state index contributed by atoms with van der Waals surface area (Å²) in [5, 5.41) is 11.8. The number of hydrogen-bond donors (Lipinski definition) is 2. The van der Waals surface area contributed by atoms with Gasteiger partial charge in [-0.05, 0) is 38.0 Å². The Morgan fingerprint density at radius 2 is 2.15 bits per heavy atom. The van der Waals surface area contributed by atoms with Crippen LogP contribution in [-0.4, -0.2) is 54.4 Å². The van der Waals surface area contributed by atoms with Crippen LogP contribution in [0.1, 0.15) is 38.5 Å². The number of carbonyl (C=O) groups is 2. The molecule has 0 aromatic heterocycles. The highest BCUT2D eigenvalue weighted by molar-refractivity contribution is 5.74. The Labute approximate surface area is 119 Å². The molecule has 1 aliphatic carbocycles. The Hall–Kier alpha value is -1.30. The molecule has 0 bridgehead atoms. The van der Waals surface area contributed by atoms with E-state index >= 15 is 0 Å². The summed E-state index contributed by atoms with van der Waals surface area (Å²) >= 11 is 0. The highest BCUT2D eigenvalue weighted by atomic mass is 16.5. The van der Waals surface area contributed by atoms with Crippen LogP contribution in [0.3, 0.4) is 0 Å². The van der Waals surface area contributed by atoms with Crippen LogP contribution in [0, 0.1) is 5.92 Å². The molecule has 1 heterocycles. The first kappa shape index (κ1) is 15.1. The number of ether oxygens (including phenoxy) is 1. The zero-order valence-electron chi connectivity index (χ0n) is 12.1. The van der Waals surface area contributed by atoms with Gasteiger partial charge in [-0.15, -0.1) is 0 Å². The molecule has 0 aromatic carbocycles. The van der Waals surface area contributed by atoms with Crippen molar-refractivity contribution in [2.45, 2.75) is 44.1 Å². The van der Waals surface area contributed by atoms with E-state index in [2.05, 4.69) is 5.32 Å². The second kappa shape index (κ2) is 6.43. The minimum atomic E-state index is -0.787. The maximum absolute atomic E-state index is 12.1. The third-order valence-corrected chi connectivity index (χ3v) is 4.53. The maximum atomic E-state index is 12.1. The topological polar surface area (TPSA) is 78.9 Å². The van der Waals surface area contributed by atoms with Gasteiger partial charge >= 0.3 is 12.0 Å². The predicted octanol–water partition coefficient (Wildman–Crippen LogP) is 1.45. The lowest BCUT2D eigenvalue weighted by Gasteiger charge is -2.41. The molecule has 6 heteroatoms. The third-order valence-electron chi connectivity index (χ3n) is 4.53. The number of hydrogen-bond acceptors (Lipinski definition) is 3. The van der Waals surface area contributed by atoms with Gasteiger partial charge in [-0.25, -0.2) is 4.79 Å². The first-order valence-electron chi connectivity index (χ1n) is 7.34. The molecule has 2 amide bonds. The van der Waals surface area contributed by atoms with E-state index in [1.807, 2.05) is 0 Å². The van der Waals surface area contributed by atoms with E-state index in [9.17, 15) is 9.59 Å². The standard InChI is InChI=1S/C14H24N2O4/c1-20-14(5-3-6-14)10-15-13(19)16-7-2-4-11(9-16)8-12(17)18/h11H,2-10H2,1H3,(H,15,19)(H,17,18). The largest absolute Gasteiger partial charge is 0.481 e. The van der Waals surface area contributed by atoms with Gasteiger partial charge in [0.1, 0.15) is 0 Å². The zero-order chi connectivity index (χ0) is 14.6. The summed E-state index contributed by atoms with van der Waals surface area (Å²) in [4.78, 5) is 24.6. The molecule has 114 valence electrons. The Morgan fingerprint density at radius 3 is 2.70 bits per heavy atom. The number of nitrogens with one attached hydrogen (secondary N) is 1. The number of carboxylic acids is 1. The van der Waals surface area contributed by atoms with Crippen LogP contribution in [0.4, 0.5) is 4.79 Å². The molecule has 2 aliphatic rings. The average molecular weight is 284 g/mol. The van der Waals surface area contributed by atoms with E-state index in [0.29, 0.717) is 19.6 Å². The van der Waals surface area contributed by atoms with Gasteiger partial charge in [0, 0.05) is 33.2 Å². The third kappa shape index (κ3) is 3.62. The summed E-state index contributed by atoms with van der Waals surface area (Å²) < 4.78 is 5.47. The number of urea groups is 1. The number of piperidine rings is 1. The SMILES string of the molecule is COC1(CNC(=O)N2CCCC(CC(=O)O)C2)CCC1. The molecule has 1 saturated carbocycles. The minimum Gasteiger partial charge on any atom is -0.481 e. The maximum Gasteiger partial charge on any atom is 0.317 e. The van der Waals surface area contributed by atoms with Gasteiger partial charge in [0.15, 0.2) is 0 Å². The first-order chi connectivity index (χ1) is 9.54. The van der Waals surface area contributed by atoms with Crippen LogP contribution < -0.4 is 5.32 Å². The molecule has 1 unspecified atom stereocenters. The predicted molar refractivity (Wildman–Crippen MR) is 73.5 cm³/mol. The Kier molecular flexibility index (Phi) is 4.86. The van der Waals surface area contributed by atoms with Crippen molar-refractivity contribution in [2.24, 2.45) is 5.92 Å². The van der Waals surface area contributed by atoms with Crippen LogP contribution in [0.15, 0.2) is 0 Å². The van der Waals surface area contributed by atoms with Gasteiger partial charge in [0.05, 0.1) is 5.60 Å². The molecule has 20 heavy (non-hydrogen) atoms. The van der Waals surface area contributed by atoms with Gasteiger partial charge in [-0.1, -0.05) is 0 Å². The van der Waals surface area contributed by atoms with E-state index in [4.69, 9.17) is 9.84 Å². The normalized spacial score (nSPS) is 24.9. The van der Waals surface area contributed by atoms with E-state index in [-0.39, 0.29) is 24.0 Å². The molecular weight excluding hydrogens is 260 g/mol. The molecule has 6 nitrogen and oxygen atoms in total. The van der Waals surface area contributed by atoms with E-state index in [1.165, 1.54) is 0 Å². The second-order valence-electron chi connectivity index (χ2n) is 5.95. The smallest absolute Gasteiger partial charge is 0.317 e. The van der Waals surface area contributed by atoms with Crippen LogP contribution in [0.25, 0.3) is 0 Å². The fourth-order valence-corrected chi connectivity index (χ4v) is 3.04. The van der Waals surface area contributed by atoms with Crippen molar-refractivity contribution in [1.29, 1.82) is 0 Å². The first-order valence-corrected chi connectivity index (χ1v) is 7.34. The summed E-state index contributed by atoms with van der Waals surface area (Å²) in [5.74, 6) is -0.711. The molecule has 2 fully saturated rings. The summed E-state index contributed by atoms with van der Waals surface area (Å²) in [5.41, 5.74) is -0.175. The monoisotopic (exact) mass is 284 g/mol. The number of rotatable bonds is 5. The lowest BCUT2D eigenvalue weighted by molar-refractivity contribution is -0.138. The van der Waals surface area contributed by atoms with Crippen LogP contribution in [0.2, 0.25) is 0 Å². The highest BCUT2D eigenvalue weighted by Crippen LogP contribution is 2.34. The van der Waals surface area contributed by atoms with Gasteiger partial charge < -0.3 is 20.1 Å². The fraction of sp³-hybridized carbons (Fsp3) is 0.857. The number of carbonyl (C=O) groups excluding carboxylic acids is 1. The van der Waals surface area contributed by atoms with E-state index in [1.54, 1.807) is 12.0 Å². The quantitative estimate of drug-likeness (QED) is 0.801. The van der Waals surface area contributed by atoms with E-state index < -0.39 is 5.97 Å². The van der Waals surface area contributed by atoms with Crippen molar-refractivity contribution in [3.05, 3.63) is 0 Å². The number of carboxylic acid groups (broad SMARTS) is 1. The van der Waals surface area contributed by atoms with Crippen molar-refractivity contribution in [3.63, 3.8) is 0 Å². The van der Waals surface area contributed by atoms with Gasteiger partial charge in [0.2, 0.25) is 0 Å². The number of nitrogens with zero attached hydrogens (tertiary/aromatic N) is 1. The Bertz CT molecular complexity index is 363. The van der Waals surface area contributed by atoms with Crippen LogP contribution >= 0.6 is 0 Å². The van der Waals surface area contributed by atoms with Crippen molar-refractivity contribution < 1.29 is 19.4 Å². The summed E-state index contributed by atoms with van der Waals surface area (Å²) in [7, 11) is 1.69. The average Bonchev–Trinajstić information content (AvgIpc) is 2.37. The lowest BCUT2D eigenvalue weighted by Crippen LogP contribution is -2.53. The molecule has 2 N–H and O–H groups in total. The zero-order valence-corrected chi connectivity index (χ0v) is 12.1. The van der Waals surface area contributed by atoms with Crippen molar-refractivity contribution in [1.82, 2.24) is 10.2 Å². The lowest BCUT2D eigenvalue weighted by atomic mass is 9.80. The number of amides is 2. The minimum absolute atomic E-state index is 0.0760. The molecular formula is C14H24N2O4. The Morgan fingerprint density at radius 1 is 1.40 bits per heavy atom. The van der Waals surface area contributed by atoms with E-state index in [0.717, 1.165) is 32.1 Å². The van der Waals surface area contributed by atoms with Crippen molar-refractivity contribution in [2.75, 3.05) is 26.7 Å². The van der Waals surface area contributed by atoms with Crippen molar-refractivity contribution in [3.8, 4) is 0 Å². The molecule has 2 rings (SSSR count). The molecule has 0 radical (unpaired) electrons. The summed E-state index contributed by atoms with van der Waals surface area (Å²) in [6.45, 7) is 1.79. The Balaban J connectivity index is 1.78. The summed E-state index contributed by atoms with van der Waals surface area (Å²) in [6, 6.07) is -0.0941. The molecule has 0 spiro atoms. The highest BCUT2D eigenvalue weighted by Gasteiger charge is 2.37. The van der Waals surface area contributed by atoms with Crippen molar-refractivity contribution >= 4 is 12.0 Å². The number of methoxy groups -OCH3 is 1. The number of aliphatic carboxylic acids is 1. The van der Waals surface area contributed by atoms with Crippen LogP contribution in [0.5, 0.6) is 0 Å². The molecule has 1 atom stereocenters. The van der Waals surface area contributed by atoms with Gasteiger partial charge in [-0.2, -0.15) is 0 Å². The molecule has 0 aromatic rings. The summed E-state index contributed by atoms with van der Waals surface area (Å²) in [6.07, 6.45) is 5.04. The fourth-order valence-electron chi connectivity index (χ4n) is 3.04. The molecule has 1 saturated heterocycles. The second-order valence-corrected chi connectivity index (χ2v) is 5.95. The van der Waals surface area contributed by atoms with Crippen LogP contribution in [-0.2, 0) is 9.53 Å².